The van der Waals surface area contributed by atoms with Gasteiger partial charge < -0.3 is 10.4 Å². The predicted octanol–water partition coefficient (Wildman–Crippen LogP) is 1.16. The van der Waals surface area contributed by atoms with Crippen LogP contribution in [0.3, 0.4) is 0 Å². The first-order valence-corrected chi connectivity index (χ1v) is 4.22. The van der Waals surface area contributed by atoms with Gasteiger partial charge in [-0.25, -0.2) is 4.98 Å². The highest BCUT2D eigenvalue weighted by Gasteiger charge is 1.94. The zero-order chi connectivity index (χ0) is 9.80. The zero-order valence-electron chi connectivity index (χ0n) is 7.54. The van der Waals surface area contributed by atoms with Crippen molar-refractivity contribution in [2.75, 3.05) is 0 Å². The molecule has 0 saturated heterocycles. The number of benzene rings is 1. The van der Waals surface area contributed by atoms with Gasteiger partial charge in [-0.05, 0) is 17.7 Å². The molecule has 0 radical (unpaired) electrons. The molecule has 0 bridgehead atoms. The van der Waals surface area contributed by atoms with Gasteiger partial charge in [-0.2, -0.15) is 5.10 Å². The van der Waals surface area contributed by atoms with E-state index in [0.717, 1.165) is 11.3 Å². The number of hydrogen-bond acceptors (Lipinski definition) is 3. The molecular formula is C10H10N4. The summed E-state index contributed by atoms with van der Waals surface area (Å²) in [5, 5.41) is 3.45. The summed E-state index contributed by atoms with van der Waals surface area (Å²) >= 11 is 0. The Labute approximate surface area is 81.7 Å². The van der Waals surface area contributed by atoms with Gasteiger partial charge in [-0.15, -0.1) is 0 Å². The van der Waals surface area contributed by atoms with Crippen LogP contribution >= 0.6 is 0 Å². The van der Waals surface area contributed by atoms with Crippen molar-refractivity contribution < 1.29 is 0 Å². The van der Waals surface area contributed by atoms with Crippen LogP contribution in [0.4, 0.5) is 0 Å². The Balaban J connectivity index is 2.31. The van der Waals surface area contributed by atoms with E-state index < -0.39 is 0 Å². The minimum atomic E-state index is 0.983. The number of nitrogens with two attached hydrogens (primary N) is 1. The molecule has 0 aliphatic carbocycles. The monoisotopic (exact) mass is 186 g/mol. The lowest BCUT2D eigenvalue weighted by Gasteiger charge is -2.01. The van der Waals surface area contributed by atoms with Gasteiger partial charge in [0.2, 0.25) is 0 Å². The number of hydrogen-bond donors (Lipinski definition) is 1. The fourth-order valence-corrected chi connectivity index (χ4v) is 1.23. The lowest BCUT2D eigenvalue weighted by atomic mass is 10.2. The fraction of sp³-hybridized carbons (Fsp3) is 0. The van der Waals surface area contributed by atoms with Crippen molar-refractivity contribution in [1.29, 1.82) is 0 Å². The number of hydrazone groups is 1. The molecule has 1 aromatic carbocycles. The quantitative estimate of drug-likeness (QED) is 0.434. The van der Waals surface area contributed by atoms with Crippen LogP contribution in [0.5, 0.6) is 0 Å². The predicted molar refractivity (Wildman–Crippen MR) is 55.3 cm³/mol. The first kappa shape index (κ1) is 8.50. The molecule has 2 N–H and O–H groups in total. The third-order valence-electron chi connectivity index (χ3n) is 1.92. The van der Waals surface area contributed by atoms with Crippen molar-refractivity contribution >= 4 is 6.21 Å². The Kier molecular flexibility index (Phi) is 2.27. The molecule has 0 aliphatic rings. The minimum absolute atomic E-state index is 0.983. The van der Waals surface area contributed by atoms with Gasteiger partial charge in [-0.3, -0.25) is 0 Å². The summed E-state index contributed by atoms with van der Waals surface area (Å²) in [6, 6.07) is 7.87. The van der Waals surface area contributed by atoms with E-state index in [1.807, 2.05) is 35.0 Å². The fourth-order valence-electron chi connectivity index (χ4n) is 1.23. The molecule has 4 heteroatoms. The van der Waals surface area contributed by atoms with E-state index in [0.29, 0.717) is 0 Å². The summed E-state index contributed by atoms with van der Waals surface area (Å²) in [7, 11) is 0. The van der Waals surface area contributed by atoms with Crippen LogP contribution in [-0.4, -0.2) is 15.8 Å². The molecular weight excluding hydrogens is 176 g/mol. The standard InChI is InChI=1S/C10H10N4/c11-13-7-9-1-3-10(4-2-9)14-6-5-12-8-14/h1-8H,11H2. The van der Waals surface area contributed by atoms with Crippen LogP contribution in [0.15, 0.2) is 48.1 Å². The van der Waals surface area contributed by atoms with Gasteiger partial charge >= 0.3 is 0 Å². The van der Waals surface area contributed by atoms with Crippen molar-refractivity contribution in [3.63, 3.8) is 0 Å². The van der Waals surface area contributed by atoms with Crippen molar-refractivity contribution in [2.24, 2.45) is 10.9 Å². The maximum Gasteiger partial charge on any atom is 0.0991 e. The van der Waals surface area contributed by atoms with Gasteiger partial charge in [0.1, 0.15) is 0 Å². The average Bonchev–Trinajstić information content (AvgIpc) is 2.72. The Morgan fingerprint density at radius 2 is 2.07 bits per heavy atom. The van der Waals surface area contributed by atoms with Gasteiger partial charge in [0.15, 0.2) is 0 Å². The average molecular weight is 186 g/mol. The summed E-state index contributed by atoms with van der Waals surface area (Å²) in [4.78, 5) is 3.97. The minimum Gasteiger partial charge on any atom is -0.323 e. The first-order valence-electron chi connectivity index (χ1n) is 4.22. The number of aromatic nitrogens is 2. The van der Waals surface area contributed by atoms with Crippen LogP contribution < -0.4 is 5.84 Å². The zero-order valence-corrected chi connectivity index (χ0v) is 7.54. The highest BCUT2D eigenvalue weighted by atomic mass is 15.1. The van der Waals surface area contributed by atoms with Gasteiger partial charge in [0.05, 0.1) is 12.5 Å². The van der Waals surface area contributed by atoms with E-state index in [2.05, 4.69) is 10.1 Å². The first-order chi connectivity index (χ1) is 6.90. The van der Waals surface area contributed by atoms with E-state index in [1.165, 1.54) is 0 Å². The molecule has 0 atom stereocenters. The Bertz CT molecular complexity index is 414. The second-order valence-corrected chi connectivity index (χ2v) is 2.84. The van der Waals surface area contributed by atoms with Gasteiger partial charge in [-0.1, -0.05) is 12.1 Å². The highest BCUT2D eigenvalue weighted by molar-refractivity contribution is 5.79. The molecule has 0 saturated carbocycles. The molecule has 1 aromatic heterocycles. The second-order valence-electron chi connectivity index (χ2n) is 2.84. The third kappa shape index (κ3) is 1.64. The molecule has 14 heavy (non-hydrogen) atoms. The third-order valence-corrected chi connectivity index (χ3v) is 1.92. The van der Waals surface area contributed by atoms with E-state index in [1.54, 1.807) is 18.7 Å². The Morgan fingerprint density at radius 3 is 2.64 bits per heavy atom. The van der Waals surface area contributed by atoms with Crippen LogP contribution in [0.25, 0.3) is 5.69 Å². The summed E-state index contributed by atoms with van der Waals surface area (Å²) in [5.41, 5.74) is 2.05. The van der Waals surface area contributed by atoms with Crippen LogP contribution in [-0.2, 0) is 0 Å². The summed E-state index contributed by atoms with van der Waals surface area (Å²) in [6.07, 6.45) is 7.00. The molecule has 1 heterocycles. The Hall–Kier alpha value is -2.10. The molecule has 0 aliphatic heterocycles. The molecule has 4 nitrogen and oxygen atoms in total. The van der Waals surface area contributed by atoms with Gasteiger partial charge in [0, 0.05) is 18.1 Å². The molecule has 0 unspecified atom stereocenters. The lowest BCUT2D eigenvalue weighted by Crippen LogP contribution is -1.91. The van der Waals surface area contributed by atoms with E-state index in [-0.39, 0.29) is 0 Å². The van der Waals surface area contributed by atoms with Crippen molar-refractivity contribution in [3.8, 4) is 5.69 Å². The maximum absolute atomic E-state index is 5.05. The lowest BCUT2D eigenvalue weighted by molar-refractivity contribution is 1.06. The number of imidazole rings is 1. The molecule has 2 aromatic rings. The second kappa shape index (κ2) is 3.74. The van der Waals surface area contributed by atoms with E-state index in [9.17, 15) is 0 Å². The number of nitrogens with zero attached hydrogens (tertiary/aromatic N) is 3. The van der Waals surface area contributed by atoms with Crippen LogP contribution in [0.1, 0.15) is 5.56 Å². The van der Waals surface area contributed by atoms with Crippen molar-refractivity contribution in [2.45, 2.75) is 0 Å². The normalized spacial score (nSPS) is 10.9. The van der Waals surface area contributed by atoms with Crippen LogP contribution in [0, 0.1) is 0 Å². The topological polar surface area (TPSA) is 56.2 Å². The Morgan fingerprint density at radius 1 is 1.29 bits per heavy atom. The summed E-state index contributed by atoms with van der Waals surface area (Å²) < 4.78 is 1.93. The summed E-state index contributed by atoms with van der Waals surface area (Å²) in [6.45, 7) is 0. The maximum atomic E-state index is 5.05. The van der Waals surface area contributed by atoms with Crippen LogP contribution in [0.2, 0.25) is 0 Å². The van der Waals surface area contributed by atoms with E-state index in [4.69, 9.17) is 5.84 Å². The van der Waals surface area contributed by atoms with E-state index >= 15 is 0 Å². The van der Waals surface area contributed by atoms with Crippen molar-refractivity contribution in [1.82, 2.24) is 9.55 Å². The molecule has 0 fully saturated rings. The smallest absolute Gasteiger partial charge is 0.0991 e. The van der Waals surface area contributed by atoms with Gasteiger partial charge in [0.25, 0.3) is 0 Å². The molecule has 0 spiro atoms. The summed E-state index contributed by atoms with van der Waals surface area (Å²) in [5.74, 6) is 5.05. The largest absolute Gasteiger partial charge is 0.323 e. The van der Waals surface area contributed by atoms with Crippen molar-refractivity contribution in [3.05, 3.63) is 48.5 Å². The molecule has 2 rings (SSSR count). The molecule has 0 amide bonds. The SMILES string of the molecule is NN=Cc1ccc(-n2ccnc2)cc1. The highest BCUT2D eigenvalue weighted by Crippen LogP contribution is 2.07. The molecule has 70 valence electrons. The number of rotatable bonds is 2.